The average molecular weight is 535 g/mol. The summed E-state index contributed by atoms with van der Waals surface area (Å²) >= 11 is 0. The van der Waals surface area contributed by atoms with E-state index in [1.165, 1.54) is 6.07 Å². The Morgan fingerprint density at radius 1 is 1.05 bits per heavy atom. The molecule has 204 valence electrons. The van der Waals surface area contributed by atoms with Crippen molar-refractivity contribution in [1.82, 2.24) is 9.47 Å². The molecule has 3 atom stereocenters. The first-order valence-corrected chi connectivity index (χ1v) is 12.7. The summed E-state index contributed by atoms with van der Waals surface area (Å²) in [5.74, 6) is -1.73. The topological polar surface area (TPSA) is 171 Å². The molecular formula is C28H30N4O7. The Kier molecular flexibility index (Phi) is 7.25. The fourth-order valence-corrected chi connectivity index (χ4v) is 5.75. The highest BCUT2D eigenvalue weighted by atomic mass is 16.5. The quantitative estimate of drug-likeness (QED) is 0.365. The molecule has 11 nitrogen and oxygen atoms in total. The molecule has 1 aromatic carbocycles. The largest absolute Gasteiger partial charge is 0.502 e. The van der Waals surface area contributed by atoms with E-state index in [0.29, 0.717) is 36.7 Å². The number of carbonyl (C=O) groups is 2. The van der Waals surface area contributed by atoms with Crippen LogP contribution in [-0.4, -0.2) is 46.1 Å². The van der Waals surface area contributed by atoms with Crippen molar-refractivity contribution in [2.75, 3.05) is 19.7 Å². The number of hydrogen-bond acceptors (Lipinski definition) is 8. The number of amides is 2. The molecule has 0 saturated carbocycles. The predicted molar refractivity (Wildman–Crippen MR) is 140 cm³/mol. The van der Waals surface area contributed by atoms with Crippen LogP contribution in [0.3, 0.4) is 0 Å². The van der Waals surface area contributed by atoms with Crippen LogP contribution in [0.15, 0.2) is 62.5 Å². The third kappa shape index (κ3) is 5.73. The molecular weight excluding hydrogens is 504 g/mol. The van der Waals surface area contributed by atoms with Crippen molar-refractivity contribution in [3.8, 4) is 11.5 Å². The number of fused-ring (bicyclic) bond motifs is 4. The maximum atomic E-state index is 12.8. The molecule has 5 rings (SSSR count). The third-order valence-corrected chi connectivity index (χ3v) is 7.30. The van der Waals surface area contributed by atoms with Gasteiger partial charge in [-0.05, 0) is 36.1 Å². The van der Waals surface area contributed by atoms with Crippen LogP contribution in [0, 0.1) is 5.92 Å². The summed E-state index contributed by atoms with van der Waals surface area (Å²) in [6, 6.07) is 13.1. The van der Waals surface area contributed by atoms with Crippen molar-refractivity contribution in [3.63, 3.8) is 0 Å². The normalized spacial score (nSPS) is 19.2. The van der Waals surface area contributed by atoms with Crippen LogP contribution in [0.4, 0.5) is 0 Å². The highest BCUT2D eigenvalue weighted by molar-refractivity contribution is 5.76. The van der Waals surface area contributed by atoms with Gasteiger partial charge >= 0.3 is 0 Å². The lowest BCUT2D eigenvalue weighted by atomic mass is 9.83. The first-order valence-electron chi connectivity index (χ1n) is 12.7. The third-order valence-electron chi connectivity index (χ3n) is 7.30. The van der Waals surface area contributed by atoms with Gasteiger partial charge in [0.15, 0.2) is 12.4 Å². The zero-order valence-corrected chi connectivity index (χ0v) is 21.2. The van der Waals surface area contributed by atoms with Gasteiger partial charge in [-0.25, -0.2) is 0 Å². The van der Waals surface area contributed by atoms with E-state index in [9.17, 15) is 24.3 Å². The second kappa shape index (κ2) is 10.8. The van der Waals surface area contributed by atoms with E-state index >= 15 is 0 Å². The molecule has 2 aliphatic heterocycles. The molecule has 4 heterocycles. The molecule has 2 aliphatic rings. The standard InChI is InChI=1S/C28H30N4O7/c29-24(34)10-21(17-3-1-4-19(8-17)38-15-25(30)35)28-27(37)23(33)9-20(39-28)14-31-11-16-7-18(13-31)22-5-2-6-26(36)32(22)12-16/h1-6,8-9,16,18,21,37H,7,10-15H2,(H2,29,34)(H2,30,35). The Balaban J connectivity index is 1.43. The molecule has 0 radical (unpaired) electrons. The number of piperidine rings is 1. The predicted octanol–water partition coefficient (Wildman–Crippen LogP) is 0.998. The van der Waals surface area contributed by atoms with Crippen LogP contribution in [0.5, 0.6) is 11.5 Å². The summed E-state index contributed by atoms with van der Waals surface area (Å²) in [6.07, 6.45) is 0.748. The monoisotopic (exact) mass is 534 g/mol. The summed E-state index contributed by atoms with van der Waals surface area (Å²) in [4.78, 5) is 50.4. The number of rotatable bonds is 9. The Bertz CT molecular complexity index is 1530. The average Bonchev–Trinajstić information content (AvgIpc) is 2.89. The lowest BCUT2D eigenvalue weighted by Gasteiger charge is -2.42. The molecule has 39 heavy (non-hydrogen) atoms. The summed E-state index contributed by atoms with van der Waals surface area (Å²) in [5.41, 5.74) is 11.6. The molecule has 11 heteroatoms. The maximum Gasteiger partial charge on any atom is 0.255 e. The van der Waals surface area contributed by atoms with Gasteiger partial charge in [0.25, 0.3) is 11.5 Å². The summed E-state index contributed by atoms with van der Waals surface area (Å²) in [5, 5.41) is 10.7. The van der Waals surface area contributed by atoms with Crippen molar-refractivity contribution < 1.29 is 23.8 Å². The van der Waals surface area contributed by atoms with Crippen molar-refractivity contribution >= 4 is 11.8 Å². The molecule has 1 fully saturated rings. The first-order chi connectivity index (χ1) is 18.7. The fourth-order valence-electron chi connectivity index (χ4n) is 5.75. The Morgan fingerprint density at radius 3 is 2.62 bits per heavy atom. The highest BCUT2D eigenvalue weighted by Crippen LogP contribution is 2.37. The SMILES string of the molecule is NC(=O)COc1cccc(C(CC(N)=O)c2oc(CN3CC4CC(C3)c3cccc(=O)n3C4)cc(=O)c2O)c1. The minimum absolute atomic E-state index is 0.00871. The number of nitrogens with zero attached hydrogens (tertiary/aromatic N) is 2. The van der Waals surface area contributed by atoms with Gasteiger partial charge in [0.2, 0.25) is 17.1 Å². The number of ether oxygens (including phenoxy) is 1. The first kappa shape index (κ1) is 26.2. The molecule has 2 aromatic heterocycles. The van der Waals surface area contributed by atoms with E-state index in [4.69, 9.17) is 20.6 Å². The summed E-state index contributed by atoms with van der Waals surface area (Å²) in [6.45, 7) is 2.03. The smallest absolute Gasteiger partial charge is 0.255 e. The molecule has 3 unspecified atom stereocenters. The zero-order valence-electron chi connectivity index (χ0n) is 21.2. The fraction of sp³-hybridized carbons (Fsp3) is 0.357. The number of primary amides is 2. The van der Waals surface area contributed by atoms with Gasteiger partial charge in [-0.3, -0.25) is 24.1 Å². The zero-order chi connectivity index (χ0) is 27.7. The lowest BCUT2D eigenvalue weighted by molar-refractivity contribution is -0.120. The van der Waals surface area contributed by atoms with E-state index < -0.39 is 28.9 Å². The molecule has 0 aliphatic carbocycles. The Hall–Kier alpha value is -4.38. The van der Waals surface area contributed by atoms with Crippen LogP contribution in [0.2, 0.25) is 0 Å². The van der Waals surface area contributed by atoms with Gasteiger partial charge in [0, 0.05) is 49.8 Å². The van der Waals surface area contributed by atoms with Gasteiger partial charge in [-0.2, -0.15) is 0 Å². The molecule has 2 bridgehead atoms. The Labute approximate surface area is 223 Å². The van der Waals surface area contributed by atoms with Gasteiger partial charge in [-0.15, -0.1) is 0 Å². The summed E-state index contributed by atoms with van der Waals surface area (Å²) < 4.78 is 13.3. The van der Waals surface area contributed by atoms with Crippen LogP contribution in [0.1, 0.15) is 47.5 Å². The maximum absolute atomic E-state index is 12.8. The molecule has 2 amide bonds. The number of nitrogens with two attached hydrogens (primary N) is 2. The molecule has 0 spiro atoms. The lowest BCUT2D eigenvalue weighted by Crippen LogP contribution is -2.46. The van der Waals surface area contributed by atoms with E-state index in [1.54, 1.807) is 36.4 Å². The number of pyridine rings is 1. The number of benzene rings is 1. The second-order valence-corrected chi connectivity index (χ2v) is 10.2. The minimum Gasteiger partial charge on any atom is -0.502 e. The van der Waals surface area contributed by atoms with Gasteiger partial charge in [0.05, 0.1) is 12.5 Å². The number of hydrogen-bond donors (Lipinski definition) is 3. The van der Waals surface area contributed by atoms with Crippen LogP contribution >= 0.6 is 0 Å². The number of aromatic nitrogens is 1. The second-order valence-electron chi connectivity index (χ2n) is 10.2. The van der Waals surface area contributed by atoms with Gasteiger partial charge in [0.1, 0.15) is 11.5 Å². The Morgan fingerprint density at radius 2 is 1.85 bits per heavy atom. The highest BCUT2D eigenvalue weighted by Gasteiger charge is 2.35. The van der Waals surface area contributed by atoms with Gasteiger partial charge < -0.3 is 30.3 Å². The van der Waals surface area contributed by atoms with Crippen LogP contribution < -0.4 is 27.2 Å². The van der Waals surface area contributed by atoms with E-state index in [2.05, 4.69) is 4.90 Å². The van der Waals surface area contributed by atoms with E-state index in [-0.39, 0.29) is 36.2 Å². The van der Waals surface area contributed by atoms with Crippen molar-refractivity contribution in [1.29, 1.82) is 0 Å². The molecule has 5 N–H and O–H groups in total. The van der Waals surface area contributed by atoms with Crippen LogP contribution in [-0.2, 0) is 22.7 Å². The number of carbonyl (C=O) groups excluding carboxylic acids is 2. The number of aromatic hydroxyl groups is 1. The van der Waals surface area contributed by atoms with Crippen LogP contribution in [0.25, 0.3) is 0 Å². The van der Waals surface area contributed by atoms with E-state index in [0.717, 1.165) is 18.7 Å². The minimum atomic E-state index is -0.869. The van der Waals surface area contributed by atoms with Gasteiger partial charge in [-0.1, -0.05) is 18.2 Å². The van der Waals surface area contributed by atoms with Crippen molar-refractivity contribution in [2.24, 2.45) is 17.4 Å². The van der Waals surface area contributed by atoms with E-state index in [1.807, 2.05) is 10.6 Å². The molecule has 1 saturated heterocycles. The summed E-state index contributed by atoms with van der Waals surface area (Å²) in [7, 11) is 0. The van der Waals surface area contributed by atoms with Crippen molar-refractivity contribution in [3.05, 3.63) is 91.9 Å². The van der Waals surface area contributed by atoms with Crippen molar-refractivity contribution in [2.45, 2.75) is 37.8 Å². The number of likely N-dealkylation sites (tertiary alicyclic amines) is 1. The molecule has 3 aromatic rings.